The number of anilines is 1. The molecule has 1 N–H and O–H groups in total. The third-order valence-corrected chi connectivity index (χ3v) is 7.25. The van der Waals surface area contributed by atoms with Gasteiger partial charge in [-0.25, -0.2) is 17.9 Å². The third kappa shape index (κ3) is 6.09. The number of aromatic nitrogens is 5. The molecule has 8 nitrogen and oxygen atoms in total. The highest BCUT2D eigenvalue weighted by Gasteiger charge is 2.25. The van der Waals surface area contributed by atoms with Gasteiger partial charge < -0.3 is 14.7 Å². The molecule has 3 heterocycles. The molecule has 0 unspecified atom stereocenters. The Morgan fingerprint density at radius 2 is 2.02 bits per heavy atom. The van der Waals surface area contributed by atoms with Crippen LogP contribution in [-0.4, -0.2) is 43.2 Å². The predicted octanol–water partition coefficient (Wildman–Crippen LogP) is 7.00. The van der Waals surface area contributed by atoms with Crippen LogP contribution in [0.3, 0.4) is 0 Å². The second kappa shape index (κ2) is 12.6. The minimum atomic E-state index is -0.857. The Hall–Kier alpha value is -4.41. The molecule has 0 fully saturated rings. The monoisotopic (exact) mass is 578 g/mol. The molecule has 0 saturated heterocycles. The topological polar surface area (TPSA) is 89.2 Å². The van der Waals surface area contributed by atoms with Gasteiger partial charge in [0.2, 0.25) is 0 Å². The number of hydrogen-bond acceptors (Lipinski definition) is 7. The van der Waals surface area contributed by atoms with E-state index in [1.165, 1.54) is 12.1 Å². The highest BCUT2D eigenvalue weighted by molar-refractivity contribution is 5.82. The van der Waals surface area contributed by atoms with Crippen molar-refractivity contribution in [3.05, 3.63) is 82.0 Å². The average molecular weight is 579 g/mol. The minimum Gasteiger partial charge on any atom is -0.512 e. The fourth-order valence-electron chi connectivity index (χ4n) is 5.34. The first-order valence-electron chi connectivity index (χ1n) is 14.1. The number of ether oxygens (including phenoxy) is 1. The fraction of sp³-hybridized carbons (Fsp3) is 0.355. The number of rotatable bonds is 9. The van der Waals surface area contributed by atoms with Crippen molar-refractivity contribution in [1.82, 2.24) is 25.0 Å². The quantitative estimate of drug-likeness (QED) is 0.293. The van der Waals surface area contributed by atoms with Gasteiger partial charge in [-0.2, -0.15) is 9.97 Å². The first kappa shape index (κ1) is 29.1. The summed E-state index contributed by atoms with van der Waals surface area (Å²) in [5.41, 5.74) is 2.89. The van der Waals surface area contributed by atoms with Crippen LogP contribution in [0.15, 0.2) is 42.6 Å². The number of hydrogen-bond donors (Lipinski definition) is 1. The van der Waals surface area contributed by atoms with E-state index in [2.05, 4.69) is 26.9 Å². The van der Waals surface area contributed by atoms with E-state index in [9.17, 15) is 13.9 Å². The highest BCUT2D eigenvalue weighted by atomic mass is 19.1. The van der Waals surface area contributed by atoms with Crippen LogP contribution < -0.4 is 9.64 Å². The van der Waals surface area contributed by atoms with E-state index in [-0.39, 0.29) is 35.9 Å². The molecule has 0 amide bonds. The Morgan fingerprint density at radius 1 is 1.19 bits per heavy atom. The van der Waals surface area contributed by atoms with Crippen molar-refractivity contribution < 1.29 is 23.0 Å². The number of nitrogens with zero attached hydrogens (tertiary/aromatic N) is 6. The van der Waals surface area contributed by atoms with E-state index in [0.717, 1.165) is 5.69 Å². The van der Waals surface area contributed by atoms with Crippen molar-refractivity contribution in [2.24, 2.45) is 0 Å². The average Bonchev–Trinajstić information content (AvgIpc) is 3.22. The smallest absolute Gasteiger partial charge is 0.319 e. The molecule has 3 aromatic rings. The van der Waals surface area contributed by atoms with Gasteiger partial charge in [0.1, 0.15) is 29.0 Å². The van der Waals surface area contributed by atoms with Gasteiger partial charge in [0.05, 0.1) is 30.8 Å². The lowest BCUT2D eigenvalue weighted by Gasteiger charge is -2.24. The zero-order valence-corrected chi connectivity index (χ0v) is 23.7. The third-order valence-electron chi connectivity index (χ3n) is 7.25. The van der Waals surface area contributed by atoms with Crippen LogP contribution in [0.4, 0.5) is 19.0 Å². The van der Waals surface area contributed by atoms with Crippen LogP contribution in [0.5, 0.6) is 6.01 Å². The van der Waals surface area contributed by atoms with E-state index in [1.807, 2.05) is 18.7 Å². The number of fused-ring (bicyclic) bond motifs is 2. The summed E-state index contributed by atoms with van der Waals surface area (Å²) in [5.74, 6) is -1.48. The molecular weight excluding hydrogens is 545 g/mol. The van der Waals surface area contributed by atoms with Crippen LogP contribution in [0.25, 0.3) is 23.6 Å². The molecule has 1 aromatic carbocycles. The van der Waals surface area contributed by atoms with E-state index >= 15 is 4.39 Å². The second-order valence-electron chi connectivity index (χ2n) is 10.2. The van der Waals surface area contributed by atoms with Gasteiger partial charge in [0, 0.05) is 31.5 Å². The molecule has 220 valence electrons. The molecule has 42 heavy (non-hydrogen) atoms. The molecule has 2 aliphatic rings. The van der Waals surface area contributed by atoms with Gasteiger partial charge in [-0.1, -0.05) is 37.8 Å². The molecule has 1 aliphatic heterocycles. The van der Waals surface area contributed by atoms with Gasteiger partial charge in [-0.15, -0.1) is 5.10 Å². The predicted molar refractivity (Wildman–Crippen MR) is 156 cm³/mol. The van der Waals surface area contributed by atoms with E-state index < -0.39 is 17.5 Å². The van der Waals surface area contributed by atoms with Gasteiger partial charge in [-0.05, 0) is 59.7 Å². The van der Waals surface area contributed by atoms with Gasteiger partial charge in [0.15, 0.2) is 0 Å². The Morgan fingerprint density at radius 3 is 2.79 bits per heavy atom. The van der Waals surface area contributed by atoms with E-state index in [4.69, 9.17) is 4.74 Å². The fourth-order valence-corrected chi connectivity index (χ4v) is 5.34. The zero-order chi connectivity index (χ0) is 29.8. The van der Waals surface area contributed by atoms with Crippen LogP contribution in [0.1, 0.15) is 73.2 Å². The molecule has 11 heteroatoms. The summed E-state index contributed by atoms with van der Waals surface area (Å²) in [6.45, 7) is 9.07. The summed E-state index contributed by atoms with van der Waals surface area (Å²) in [5, 5.41) is 18.4. The summed E-state index contributed by atoms with van der Waals surface area (Å²) in [7, 11) is 0. The summed E-state index contributed by atoms with van der Waals surface area (Å²) >= 11 is 0. The van der Waals surface area contributed by atoms with Gasteiger partial charge >= 0.3 is 6.01 Å². The molecule has 2 aromatic heterocycles. The molecule has 0 radical (unpaired) electrons. The Balaban J connectivity index is 1.59. The van der Waals surface area contributed by atoms with Crippen LogP contribution in [-0.2, 0) is 19.5 Å². The standard InChI is InChI=1S/C31H33F3N6O2/c1-4-13-42-31-36-29(19(3)32)26(30(37-31)39-11-6-12-40-23(18-39)17-35-38-40)16-22(33)14-20-7-9-24(41)15-21-8-10-27(34)25(5-2)28(20)21/h7-8,10,15-17,41H,3-6,9,11-14,18H2,1-2H3/b22-16+. The number of aryl methyl sites for hydroxylation is 1. The number of halogens is 3. The van der Waals surface area contributed by atoms with E-state index in [0.29, 0.717) is 73.6 Å². The Labute approximate surface area is 242 Å². The summed E-state index contributed by atoms with van der Waals surface area (Å²) < 4.78 is 53.3. The Kier molecular flexibility index (Phi) is 8.75. The van der Waals surface area contributed by atoms with E-state index in [1.54, 1.807) is 29.1 Å². The summed E-state index contributed by atoms with van der Waals surface area (Å²) in [6, 6.07) is 2.90. The van der Waals surface area contributed by atoms with Crippen LogP contribution in [0.2, 0.25) is 0 Å². The number of allylic oxidation sites excluding steroid dienone is 3. The van der Waals surface area contributed by atoms with Crippen molar-refractivity contribution in [1.29, 1.82) is 0 Å². The molecule has 0 spiro atoms. The molecule has 0 atom stereocenters. The maximum atomic E-state index is 16.1. The number of aliphatic hydroxyl groups excluding tert-OH is 1. The van der Waals surface area contributed by atoms with Crippen LogP contribution >= 0.6 is 0 Å². The van der Waals surface area contributed by atoms with Crippen LogP contribution in [0, 0.1) is 5.82 Å². The summed E-state index contributed by atoms with van der Waals surface area (Å²) in [4.78, 5) is 10.7. The number of aliphatic hydroxyl groups is 1. The number of benzene rings is 1. The largest absolute Gasteiger partial charge is 0.512 e. The molecule has 5 rings (SSSR count). The molecule has 0 bridgehead atoms. The maximum Gasteiger partial charge on any atom is 0.319 e. The molecule has 1 aliphatic carbocycles. The van der Waals surface area contributed by atoms with Crippen molar-refractivity contribution in [3.8, 4) is 6.01 Å². The lowest BCUT2D eigenvalue weighted by atomic mass is 9.90. The molecule has 0 saturated carbocycles. The second-order valence-corrected chi connectivity index (χ2v) is 10.2. The van der Waals surface area contributed by atoms with Gasteiger partial charge in [0.25, 0.3) is 0 Å². The first-order valence-corrected chi connectivity index (χ1v) is 14.1. The first-order chi connectivity index (χ1) is 20.3. The van der Waals surface area contributed by atoms with Crippen molar-refractivity contribution in [3.63, 3.8) is 0 Å². The van der Waals surface area contributed by atoms with Gasteiger partial charge in [-0.3, -0.25) is 0 Å². The minimum absolute atomic E-state index is 0.0286. The van der Waals surface area contributed by atoms with Crippen molar-refractivity contribution in [2.45, 2.75) is 59.0 Å². The maximum absolute atomic E-state index is 16.1. The Bertz CT molecular complexity index is 1590. The highest BCUT2D eigenvalue weighted by Crippen LogP contribution is 2.37. The lowest BCUT2D eigenvalue weighted by Crippen LogP contribution is -2.25. The summed E-state index contributed by atoms with van der Waals surface area (Å²) in [6.07, 6.45) is 7.87. The zero-order valence-electron chi connectivity index (χ0n) is 23.7. The normalized spacial score (nSPS) is 15.3. The lowest BCUT2D eigenvalue weighted by molar-refractivity contribution is 0.291. The SMILES string of the molecule is C=C(F)c1nc(OCCC)nc(N2CCCn3nncc3C2)c1/C=C(/F)CC1=CCC(O)=Cc2ccc(F)c(CC)c21. The molecular formula is C31H33F3N6O2. The van der Waals surface area contributed by atoms with Crippen molar-refractivity contribution in [2.75, 3.05) is 18.1 Å². The van der Waals surface area contributed by atoms with Crippen molar-refractivity contribution >= 4 is 29.4 Å².